The maximum Gasteiger partial charge on any atom is 0.280 e. The number of nitrogens with zero attached hydrogens (tertiary/aromatic N) is 1. The number of hydrogen-bond donors (Lipinski definition) is 2. The summed E-state index contributed by atoms with van der Waals surface area (Å²) in [5, 5.41) is 10.3. The number of carbonyl (C=O) groups is 1. The number of carbonyl (C=O) groups excluding carboxylic acids is 1. The number of aromatic hydroxyl groups is 1. The fraction of sp³-hybridized carbons (Fsp3) is 0.429. The Bertz CT molecular complexity index is 773. The quantitative estimate of drug-likeness (QED) is 0.639. The molecule has 3 rings (SSSR count). The number of nitrogens with one attached hydrogen (secondary N) is 1. The van der Waals surface area contributed by atoms with Gasteiger partial charge < -0.3 is 10.1 Å². The molecule has 4 nitrogen and oxygen atoms in total. The third-order valence-electron chi connectivity index (χ3n) is 4.73. The van der Waals surface area contributed by atoms with Crippen molar-refractivity contribution in [3.8, 4) is 17.1 Å². The summed E-state index contributed by atoms with van der Waals surface area (Å²) >= 11 is 0. The van der Waals surface area contributed by atoms with Crippen molar-refractivity contribution in [2.75, 3.05) is 0 Å². The van der Waals surface area contributed by atoms with Gasteiger partial charge in [0.15, 0.2) is 5.88 Å². The number of aliphatic imine (C=N–C) groups is 1. The Balaban J connectivity index is 1.68. The van der Waals surface area contributed by atoms with Crippen molar-refractivity contribution in [1.82, 2.24) is 4.98 Å². The molecule has 0 atom stereocenters. The first-order chi connectivity index (χ1) is 12.1. The Morgan fingerprint density at radius 3 is 2.48 bits per heavy atom. The summed E-state index contributed by atoms with van der Waals surface area (Å²) in [5.74, 6) is 0.561. The molecule has 0 radical (unpaired) electrons. The van der Waals surface area contributed by atoms with E-state index in [-0.39, 0.29) is 11.8 Å². The minimum Gasteiger partial charge on any atom is -0.494 e. The minimum absolute atomic E-state index is 0.0539. The second-order valence-corrected chi connectivity index (χ2v) is 7.18. The van der Waals surface area contributed by atoms with E-state index in [4.69, 9.17) is 0 Å². The minimum atomic E-state index is -0.250. The Hall–Kier alpha value is -2.36. The highest BCUT2D eigenvalue weighted by molar-refractivity contribution is 6.25. The molecule has 0 fully saturated rings. The molecular weight excluding hydrogens is 312 g/mol. The van der Waals surface area contributed by atoms with Gasteiger partial charge in [0, 0.05) is 0 Å². The van der Waals surface area contributed by atoms with Gasteiger partial charge >= 0.3 is 0 Å². The molecule has 1 aromatic heterocycles. The van der Waals surface area contributed by atoms with E-state index in [0.29, 0.717) is 16.8 Å². The molecule has 1 aliphatic rings. The molecule has 25 heavy (non-hydrogen) atoms. The highest BCUT2D eigenvalue weighted by atomic mass is 16.3. The Morgan fingerprint density at radius 1 is 1.04 bits per heavy atom. The zero-order chi connectivity index (χ0) is 17.8. The number of amides is 1. The van der Waals surface area contributed by atoms with Gasteiger partial charge in [-0.05, 0) is 24.3 Å². The lowest BCUT2D eigenvalue weighted by Gasteiger charge is -2.04. The van der Waals surface area contributed by atoms with Crippen LogP contribution in [0.2, 0.25) is 0 Å². The molecule has 1 aromatic carbocycles. The lowest BCUT2D eigenvalue weighted by atomic mass is 10.00. The maximum atomic E-state index is 12.4. The van der Waals surface area contributed by atoms with E-state index in [2.05, 4.69) is 23.8 Å². The van der Waals surface area contributed by atoms with Crippen molar-refractivity contribution < 1.29 is 9.90 Å². The van der Waals surface area contributed by atoms with Gasteiger partial charge in [-0.25, -0.2) is 4.99 Å². The third kappa shape index (κ3) is 3.84. The molecule has 4 heteroatoms. The first kappa shape index (κ1) is 17.5. The maximum absolute atomic E-state index is 12.4. The van der Waals surface area contributed by atoms with Crippen LogP contribution in [0.4, 0.5) is 0 Å². The van der Waals surface area contributed by atoms with E-state index in [1.807, 2.05) is 30.3 Å². The molecule has 0 saturated heterocycles. The summed E-state index contributed by atoms with van der Waals surface area (Å²) in [6.45, 7) is 4.50. The van der Waals surface area contributed by atoms with Crippen molar-refractivity contribution in [2.45, 2.75) is 52.4 Å². The molecule has 0 aliphatic carbocycles. The molecule has 2 N–H and O–H groups in total. The van der Waals surface area contributed by atoms with Gasteiger partial charge in [0.1, 0.15) is 0 Å². The van der Waals surface area contributed by atoms with Crippen LogP contribution in [0.5, 0.6) is 5.88 Å². The highest BCUT2D eigenvalue weighted by Crippen LogP contribution is 2.37. The van der Waals surface area contributed by atoms with E-state index in [1.54, 1.807) is 0 Å². The van der Waals surface area contributed by atoms with Crippen molar-refractivity contribution in [3.63, 3.8) is 0 Å². The molecule has 0 bridgehead atoms. The third-order valence-corrected chi connectivity index (χ3v) is 4.73. The molecule has 132 valence electrons. The van der Waals surface area contributed by atoms with Crippen LogP contribution in [0.25, 0.3) is 11.3 Å². The summed E-state index contributed by atoms with van der Waals surface area (Å²) in [7, 11) is 0. The fourth-order valence-electron chi connectivity index (χ4n) is 3.42. The fourth-order valence-corrected chi connectivity index (χ4v) is 3.42. The van der Waals surface area contributed by atoms with E-state index < -0.39 is 0 Å². The number of H-pyrrole nitrogens is 1. The second-order valence-electron chi connectivity index (χ2n) is 7.18. The van der Waals surface area contributed by atoms with Gasteiger partial charge in [-0.1, -0.05) is 69.9 Å². The Labute approximate surface area is 149 Å². The lowest BCUT2D eigenvalue weighted by molar-refractivity contribution is 0.101. The summed E-state index contributed by atoms with van der Waals surface area (Å²) in [5.41, 5.74) is 3.38. The van der Waals surface area contributed by atoms with Gasteiger partial charge in [0.25, 0.3) is 5.91 Å². The van der Waals surface area contributed by atoms with Crippen molar-refractivity contribution in [3.05, 3.63) is 41.5 Å². The molecule has 2 heterocycles. The van der Waals surface area contributed by atoms with E-state index in [9.17, 15) is 9.90 Å². The monoisotopic (exact) mass is 338 g/mol. The van der Waals surface area contributed by atoms with E-state index in [0.717, 1.165) is 36.5 Å². The number of aromatic amines is 1. The van der Waals surface area contributed by atoms with Crippen LogP contribution >= 0.6 is 0 Å². The molecule has 2 aromatic rings. The largest absolute Gasteiger partial charge is 0.494 e. The highest BCUT2D eigenvalue weighted by Gasteiger charge is 2.32. The Kier molecular flexibility index (Phi) is 5.37. The second kappa shape index (κ2) is 7.68. The summed E-state index contributed by atoms with van der Waals surface area (Å²) in [4.78, 5) is 19.6. The molecule has 0 saturated carbocycles. The SMILES string of the molecule is CC(C)CCCCCCC1=NC(=O)c2c(-c3ccccc3)[nH]c(O)c21. The van der Waals surface area contributed by atoms with Gasteiger partial charge in [0.2, 0.25) is 0 Å². The number of unbranched alkanes of at least 4 members (excludes halogenated alkanes) is 3. The first-order valence-corrected chi connectivity index (χ1v) is 9.20. The summed E-state index contributed by atoms with van der Waals surface area (Å²) in [6, 6.07) is 9.60. The summed E-state index contributed by atoms with van der Waals surface area (Å²) in [6.07, 6.45) is 6.59. The molecule has 0 unspecified atom stereocenters. The zero-order valence-electron chi connectivity index (χ0n) is 15.0. The smallest absolute Gasteiger partial charge is 0.280 e. The zero-order valence-corrected chi connectivity index (χ0v) is 15.0. The molecular formula is C21H26N2O2. The Morgan fingerprint density at radius 2 is 1.76 bits per heavy atom. The number of benzene rings is 1. The molecule has 1 aliphatic heterocycles. The van der Waals surface area contributed by atoms with Gasteiger partial charge in [-0.3, -0.25) is 4.79 Å². The van der Waals surface area contributed by atoms with Crippen LogP contribution in [-0.4, -0.2) is 21.7 Å². The van der Waals surface area contributed by atoms with Crippen LogP contribution in [0.3, 0.4) is 0 Å². The average molecular weight is 338 g/mol. The van der Waals surface area contributed by atoms with Crippen LogP contribution in [0.1, 0.15) is 68.3 Å². The molecule has 0 spiro atoms. The van der Waals surface area contributed by atoms with Crippen molar-refractivity contribution in [1.29, 1.82) is 0 Å². The van der Waals surface area contributed by atoms with Crippen LogP contribution < -0.4 is 0 Å². The van der Waals surface area contributed by atoms with Crippen molar-refractivity contribution >= 4 is 11.6 Å². The average Bonchev–Trinajstić information content (AvgIpc) is 3.10. The summed E-state index contributed by atoms with van der Waals surface area (Å²) < 4.78 is 0. The number of hydrogen-bond acceptors (Lipinski definition) is 2. The number of rotatable bonds is 8. The topological polar surface area (TPSA) is 65.5 Å². The number of aromatic nitrogens is 1. The van der Waals surface area contributed by atoms with Gasteiger partial charge in [-0.2, -0.15) is 0 Å². The lowest BCUT2D eigenvalue weighted by Crippen LogP contribution is -1.97. The standard InChI is InChI=1S/C21H26N2O2/c1-14(2)10-6-3-4-9-13-16-17-18(21(25)22-16)19(23-20(17)24)15-11-7-5-8-12-15/h5,7-8,11-12,14,23-24H,3-4,6,9-10,13H2,1-2H3. The van der Waals surface area contributed by atoms with Crippen molar-refractivity contribution in [2.24, 2.45) is 10.9 Å². The van der Waals surface area contributed by atoms with Crippen LogP contribution in [0, 0.1) is 5.92 Å². The van der Waals surface area contributed by atoms with E-state index in [1.165, 1.54) is 19.3 Å². The molecule has 1 amide bonds. The predicted octanol–water partition coefficient (Wildman–Crippen LogP) is 5.33. The van der Waals surface area contributed by atoms with Crippen LogP contribution in [-0.2, 0) is 0 Å². The first-order valence-electron chi connectivity index (χ1n) is 9.20. The predicted molar refractivity (Wildman–Crippen MR) is 101 cm³/mol. The van der Waals surface area contributed by atoms with Gasteiger partial charge in [0.05, 0.1) is 22.5 Å². The number of fused-ring (bicyclic) bond motifs is 1. The normalized spacial score (nSPS) is 13.4. The van der Waals surface area contributed by atoms with Gasteiger partial charge in [-0.15, -0.1) is 0 Å². The van der Waals surface area contributed by atoms with E-state index >= 15 is 0 Å². The van der Waals surface area contributed by atoms with Crippen LogP contribution in [0.15, 0.2) is 35.3 Å².